The molecule has 0 aliphatic carbocycles. The van der Waals surface area contributed by atoms with Crippen molar-refractivity contribution in [3.05, 3.63) is 59.2 Å². The van der Waals surface area contributed by atoms with Crippen LogP contribution in [0.4, 0.5) is 5.69 Å². The van der Waals surface area contributed by atoms with Crippen LogP contribution in [-0.2, 0) is 14.3 Å². The van der Waals surface area contributed by atoms with E-state index in [1.54, 1.807) is 24.3 Å². The predicted octanol–water partition coefficient (Wildman–Crippen LogP) is 3.51. The second-order valence-electron chi connectivity index (χ2n) is 6.18. The fraction of sp³-hybridized carbons (Fsp3) is 0.286. The van der Waals surface area contributed by atoms with Crippen LogP contribution in [0.15, 0.2) is 42.5 Å². The fourth-order valence-electron chi connectivity index (χ4n) is 2.33. The summed E-state index contributed by atoms with van der Waals surface area (Å²) >= 11 is 0. The Balaban J connectivity index is 1.79. The number of nitrogens with zero attached hydrogens (tertiary/aromatic N) is 1. The van der Waals surface area contributed by atoms with E-state index in [0.717, 1.165) is 16.9 Å². The lowest BCUT2D eigenvalue weighted by atomic mass is 10.1. The number of rotatable bonds is 7. The highest BCUT2D eigenvalue weighted by atomic mass is 16.5. The number of nitrogens with one attached hydrogen (secondary N) is 1. The summed E-state index contributed by atoms with van der Waals surface area (Å²) in [5.74, 6) is -0.256. The number of hydrogen-bond donors (Lipinski definition) is 1. The lowest BCUT2D eigenvalue weighted by molar-refractivity contribution is -0.153. The molecule has 6 heteroatoms. The van der Waals surface area contributed by atoms with Gasteiger partial charge in [0, 0.05) is 5.69 Å². The molecule has 1 N–H and O–H groups in total. The minimum atomic E-state index is -0.955. The minimum Gasteiger partial charge on any atom is -0.493 e. The van der Waals surface area contributed by atoms with Gasteiger partial charge in [-0.05, 0) is 56.2 Å². The van der Waals surface area contributed by atoms with Crippen LogP contribution in [0.2, 0.25) is 0 Å². The van der Waals surface area contributed by atoms with E-state index in [2.05, 4.69) is 5.32 Å². The Kier molecular flexibility index (Phi) is 6.95. The number of hydrogen-bond acceptors (Lipinski definition) is 5. The lowest BCUT2D eigenvalue weighted by Gasteiger charge is -2.14. The molecular formula is C21H22N2O4. The molecule has 0 aliphatic heterocycles. The number of carbonyl (C=O) groups excluding carboxylic acids is 2. The number of anilines is 1. The van der Waals surface area contributed by atoms with Crippen LogP contribution in [0.3, 0.4) is 0 Å². The number of esters is 1. The van der Waals surface area contributed by atoms with Crippen LogP contribution in [0.25, 0.3) is 0 Å². The predicted molar refractivity (Wildman–Crippen MR) is 101 cm³/mol. The SMILES string of the molecule is Cc1ccc(C)c(OCCC(=O)O[C@H](C)C(=O)Nc2cccc(C#N)c2)c1. The Hall–Kier alpha value is -3.33. The monoisotopic (exact) mass is 366 g/mol. The molecule has 0 radical (unpaired) electrons. The molecule has 6 nitrogen and oxygen atoms in total. The fourth-order valence-corrected chi connectivity index (χ4v) is 2.33. The second kappa shape index (κ2) is 9.39. The van der Waals surface area contributed by atoms with Crippen molar-refractivity contribution in [2.24, 2.45) is 0 Å². The van der Waals surface area contributed by atoms with Crippen molar-refractivity contribution in [3.8, 4) is 11.8 Å². The highest BCUT2D eigenvalue weighted by Crippen LogP contribution is 2.19. The van der Waals surface area contributed by atoms with E-state index in [-0.39, 0.29) is 13.0 Å². The molecule has 2 aromatic carbocycles. The van der Waals surface area contributed by atoms with E-state index in [1.807, 2.05) is 38.1 Å². The third-order valence-electron chi connectivity index (χ3n) is 3.84. The average Bonchev–Trinajstić information content (AvgIpc) is 2.64. The summed E-state index contributed by atoms with van der Waals surface area (Å²) in [7, 11) is 0. The molecule has 1 amide bonds. The summed E-state index contributed by atoms with van der Waals surface area (Å²) in [6.07, 6.45) is -0.918. The van der Waals surface area contributed by atoms with Gasteiger partial charge < -0.3 is 14.8 Å². The van der Waals surface area contributed by atoms with Crippen LogP contribution >= 0.6 is 0 Å². The average molecular weight is 366 g/mol. The number of benzene rings is 2. The van der Waals surface area contributed by atoms with E-state index in [1.165, 1.54) is 6.92 Å². The molecule has 0 saturated heterocycles. The van der Waals surface area contributed by atoms with Crippen LogP contribution in [0, 0.1) is 25.2 Å². The first kappa shape index (κ1) is 20.0. The first-order chi connectivity index (χ1) is 12.9. The van der Waals surface area contributed by atoms with Gasteiger partial charge in [-0.2, -0.15) is 5.26 Å². The van der Waals surface area contributed by atoms with E-state index in [4.69, 9.17) is 14.7 Å². The summed E-state index contributed by atoms with van der Waals surface area (Å²) in [5.41, 5.74) is 2.96. The van der Waals surface area contributed by atoms with Crippen molar-refractivity contribution < 1.29 is 19.1 Å². The summed E-state index contributed by atoms with van der Waals surface area (Å²) in [6.45, 7) is 5.56. The van der Waals surface area contributed by atoms with Crippen molar-refractivity contribution >= 4 is 17.6 Å². The van der Waals surface area contributed by atoms with E-state index >= 15 is 0 Å². The Bertz CT molecular complexity index is 871. The number of nitriles is 1. The minimum absolute atomic E-state index is 0.0366. The van der Waals surface area contributed by atoms with Gasteiger partial charge in [-0.1, -0.05) is 18.2 Å². The van der Waals surface area contributed by atoms with E-state index in [0.29, 0.717) is 11.3 Å². The van der Waals surface area contributed by atoms with Gasteiger partial charge >= 0.3 is 5.97 Å². The number of aryl methyl sites for hydroxylation is 2. The zero-order valence-electron chi connectivity index (χ0n) is 15.6. The van der Waals surface area contributed by atoms with Gasteiger partial charge in [0.2, 0.25) is 0 Å². The molecule has 0 aromatic heterocycles. The van der Waals surface area contributed by atoms with Gasteiger partial charge in [0.25, 0.3) is 5.91 Å². The second-order valence-corrected chi connectivity index (χ2v) is 6.18. The lowest BCUT2D eigenvalue weighted by Crippen LogP contribution is -2.30. The standard InChI is InChI=1S/C21H22N2O4/c1-14-7-8-15(2)19(11-14)26-10-9-20(24)27-16(3)21(25)23-18-6-4-5-17(12-18)13-22/h4-8,11-12,16H,9-10H2,1-3H3,(H,23,25)/t16-/m1/s1. The van der Waals surface area contributed by atoms with Crippen LogP contribution in [0.5, 0.6) is 5.75 Å². The summed E-state index contributed by atoms with van der Waals surface area (Å²) in [4.78, 5) is 24.1. The van der Waals surface area contributed by atoms with Gasteiger partial charge in [0.1, 0.15) is 5.75 Å². The van der Waals surface area contributed by atoms with Gasteiger partial charge in [-0.25, -0.2) is 0 Å². The van der Waals surface area contributed by atoms with Crippen molar-refractivity contribution in [2.45, 2.75) is 33.3 Å². The van der Waals surface area contributed by atoms with Crippen molar-refractivity contribution in [3.63, 3.8) is 0 Å². The summed E-state index contributed by atoms with van der Waals surface area (Å²) in [5, 5.41) is 11.5. The van der Waals surface area contributed by atoms with E-state index < -0.39 is 18.0 Å². The summed E-state index contributed by atoms with van der Waals surface area (Å²) < 4.78 is 10.8. The topological polar surface area (TPSA) is 88.4 Å². The molecule has 0 fully saturated rings. The van der Waals surface area contributed by atoms with Crippen molar-refractivity contribution in [1.29, 1.82) is 5.26 Å². The molecule has 0 spiro atoms. The molecule has 140 valence electrons. The Labute approximate surface area is 158 Å². The van der Waals surface area contributed by atoms with Gasteiger partial charge in [-0.3, -0.25) is 9.59 Å². The van der Waals surface area contributed by atoms with Gasteiger partial charge in [0.15, 0.2) is 6.10 Å². The molecule has 27 heavy (non-hydrogen) atoms. The van der Waals surface area contributed by atoms with Crippen molar-refractivity contribution in [1.82, 2.24) is 0 Å². The maximum Gasteiger partial charge on any atom is 0.310 e. The molecule has 0 saturated carbocycles. The third kappa shape index (κ3) is 6.15. The van der Waals surface area contributed by atoms with E-state index in [9.17, 15) is 9.59 Å². The molecule has 2 aromatic rings. The molecule has 0 aliphatic rings. The normalized spacial score (nSPS) is 11.2. The third-order valence-corrected chi connectivity index (χ3v) is 3.84. The molecular weight excluding hydrogens is 344 g/mol. The molecule has 0 heterocycles. The first-order valence-electron chi connectivity index (χ1n) is 8.59. The smallest absolute Gasteiger partial charge is 0.310 e. The molecule has 0 unspecified atom stereocenters. The highest BCUT2D eigenvalue weighted by Gasteiger charge is 2.18. The van der Waals surface area contributed by atoms with Crippen LogP contribution < -0.4 is 10.1 Å². The van der Waals surface area contributed by atoms with Crippen LogP contribution in [0.1, 0.15) is 30.0 Å². The first-order valence-corrected chi connectivity index (χ1v) is 8.59. The Morgan fingerprint density at radius 3 is 2.70 bits per heavy atom. The molecule has 2 rings (SSSR count). The quantitative estimate of drug-likeness (QED) is 0.758. The van der Waals surface area contributed by atoms with Crippen LogP contribution in [-0.4, -0.2) is 24.6 Å². The maximum absolute atomic E-state index is 12.1. The van der Waals surface area contributed by atoms with Gasteiger partial charge in [0.05, 0.1) is 24.7 Å². The Morgan fingerprint density at radius 1 is 1.19 bits per heavy atom. The summed E-state index contributed by atoms with van der Waals surface area (Å²) in [6, 6.07) is 14.3. The molecule has 1 atom stereocenters. The van der Waals surface area contributed by atoms with Crippen molar-refractivity contribution in [2.75, 3.05) is 11.9 Å². The Morgan fingerprint density at radius 2 is 1.96 bits per heavy atom. The highest BCUT2D eigenvalue weighted by molar-refractivity contribution is 5.95. The van der Waals surface area contributed by atoms with Gasteiger partial charge in [-0.15, -0.1) is 0 Å². The molecule has 0 bridgehead atoms. The largest absolute Gasteiger partial charge is 0.493 e. The zero-order chi connectivity index (χ0) is 19.8. The zero-order valence-corrected chi connectivity index (χ0v) is 15.6. The number of carbonyl (C=O) groups is 2. The number of amides is 1. The maximum atomic E-state index is 12.1. The number of ether oxygens (including phenoxy) is 2.